The summed E-state index contributed by atoms with van der Waals surface area (Å²) < 4.78 is 28.2. The Labute approximate surface area is 92.0 Å². The highest BCUT2D eigenvalue weighted by molar-refractivity contribution is 7.87. The first kappa shape index (κ1) is 12.9. The summed E-state index contributed by atoms with van der Waals surface area (Å²) in [4.78, 5) is 0. The van der Waals surface area contributed by atoms with Gasteiger partial charge in [-0.15, -0.1) is 0 Å². The molecule has 0 amide bonds. The van der Waals surface area contributed by atoms with Crippen molar-refractivity contribution in [2.75, 3.05) is 0 Å². The molecule has 1 rings (SSSR count). The Morgan fingerprint density at radius 1 is 1.20 bits per heavy atom. The third kappa shape index (κ3) is 4.92. The van der Waals surface area contributed by atoms with Crippen LogP contribution in [-0.4, -0.2) is 26.5 Å². The summed E-state index contributed by atoms with van der Waals surface area (Å²) >= 11 is 0. The van der Waals surface area contributed by atoms with Crippen molar-refractivity contribution in [3.05, 3.63) is 0 Å². The van der Waals surface area contributed by atoms with Gasteiger partial charge in [0.2, 0.25) is 0 Å². The van der Waals surface area contributed by atoms with Crippen LogP contribution in [0.15, 0.2) is 0 Å². The second kappa shape index (κ2) is 5.25. The smallest absolute Gasteiger partial charge is 0.277 e. The monoisotopic (exact) mass is 235 g/mol. The molecule has 0 aromatic carbocycles. The Hall–Kier alpha value is -0.170. The van der Waals surface area contributed by atoms with Gasteiger partial charge in [0.1, 0.15) is 0 Å². The van der Waals surface area contributed by atoms with Gasteiger partial charge in [-0.3, -0.25) is 0 Å². The fourth-order valence-electron chi connectivity index (χ4n) is 1.80. The molecule has 1 saturated carbocycles. The van der Waals surface area contributed by atoms with Crippen LogP contribution in [-0.2, 0) is 10.2 Å². The van der Waals surface area contributed by atoms with Gasteiger partial charge in [-0.05, 0) is 39.5 Å². The Kier molecular flexibility index (Phi) is 4.51. The van der Waals surface area contributed by atoms with Crippen molar-refractivity contribution in [2.24, 2.45) is 5.73 Å². The molecule has 0 unspecified atom stereocenters. The van der Waals surface area contributed by atoms with Crippen molar-refractivity contribution in [3.8, 4) is 0 Å². The number of hydrogen-bond donors (Lipinski definition) is 3. The molecule has 0 radical (unpaired) electrons. The Balaban J connectivity index is 2.41. The molecule has 6 heteroatoms. The SMILES string of the molecule is CC(C)NS(=O)(=O)NC1CCC(N)CC1. The molecule has 0 aromatic rings. The summed E-state index contributed by atoms with van der Waals surface area (Å²) in [5.41, 5.74) is 5.75. The molecular formula is C9H21N3O2S. The predicted molar refractivity (Wildman–Crippen MR) is 60.6 cm³/mol. The van der Waals surface area contributed by atoms with Crippen LogP contribution in [0, 0.1) is 0 Å². The summed E-state index contributed by atoms with van der Waals surface area (Å²) in [6.45, 7) is 3.60. The second-order valence-corrected chi connectivity index (χ2v) is 5.98. The van der Waals surface area contributed by atoms with Gasteiger partial charge in [0, 0.05) is 18.1 Å². The van der Waals surface area contributed by atoms with Crippen LogP contribution in [0.3, 0.4) is 0 Å². The highest BCUT2D eigenvalue weighted by atomic mass is 32.2. The van der Waals surface area contributed by atoms with Crippen molar-refractivity contribution in [1.29, 1.82) is 0 Å². The maximum Gasteiger partial charge on any atom is 0.277 e. The maximum absolute atomic E-state index is 11.5. The third-order valence-corrected chi connectivity index (χ3v) is 3.91. The molecule has 1 fully saturated rings. The molecule has 4 N–H and O–H groups in total. The average Bonchev–Trinajstić information content (AvgIpc) is 2.06. The minimum absolute atomic E-state index is 0.0426. The minimum Gasteiger partial charge on any atom is -0.328 e. The molecule has 1 aliphatic rings. The average molecular weight is 235 g/mol. The van der Waals surface area contributed by atoms with E-state index in [4.69, 9.17) is 5.73 Å². The third-order valence-electron chi connectivity index (χ3n) is 2.48. The van der Waals surface area contributed by atoms with Crippen molar-refractivity contribution in [1.82, 2.24) is 9.44 Å². The van der Waals surface area contributed by atoms with Crippen LogP contribution < -0.4 is 15.2 Å². The minimum atomic E-state index is -3.34. The van der Waals surface area contributed by atoms with Crippen LogP contribution in [0.5, 0.6) is 0 Å². The molecule has 0 atom stereocenters. The van der Waals surface area contributed by atoms with E-state index in [1.165, 1.54) is 0 Å². The summed E-state index contributed by atoms with van der Waals surface area (Å²) in [6.07, 6.45) is 3.46. The van der Waals surface area contributed by atoms with Gasteiger partial charge in [0.05, 0.1) is 0 Å². The lowest BCUT2D eigenvalue weighted by Crippen LogP contribution is -2.47. The van der Waals surface area contributed by atoms with E-state index >= 15 is 0 Å². The largest absolute Gasteiger partial charge is 0.328 e. The van der Waals surface area contributed by atoms with Gasteiger partial charge >= 0.3 is 0 Å². The van der Waals surface area contributed by atoms with Crippen molar-refractivity contribution < 1.29 is 8.42 Å². The van der Waals surface area contributed by atoms with E-state index < -0.39 is 10.2 Å². The predicted octanol–water partition coefficient (Wildman–Crippen LogP) is 0.0887. The van der Waals surface area contributed by atoms with E-state index in [2.05, 4.69) is 9.44 Å². The van der Waals surface area contributed by atoms with Crippen LogP contribution >= 0.6 is 0 Å². The second-order valence-electron chi connectivity index (χ2n) is 4.51. The molecule has 15 heavy (non-hydrogen) atoms. The van der Waals surface area contributed by atoms with Crippen LogP contribution in [0.25, 0.3) is 0 Å². The summed E-state index contributed by atoms with van der Waals surface area (Å²) in [5, 5.41) is 0. The Morgan fingerprint density at radius 2 is 1.73 bits per heavy atom. The summed E-state index contributed by atoms with van der Waals surface area (Å²) in [7, 11) is -3.34. The Bertz CT molecular complexity index is 282. The normalized spacial score (nSPS) is 28.3. The van der Waals surface area contributed by atoms with Crippen molar-refractivity contribution >= 4 is 10.2 Å². The van der Waals surface area contributed by atoms with E-state index in [9.17, 15) is 8.42 Å². The van der Waals surface area contributed by atoms with E-state index in [1.807, 2.05) is 0 Å². The van der Waals surface area contributed by atoms with Gasteiger partial charge in [0.25, 0.3) is 10.2 Å². The molecule has 0 spiro atoms. The highest BCUT2D eigenvalue weighted by Gasteiger charge is 2.23. The first-order valence-electron chi connectivity index (χ1n) is 5.44. The molecule has 0 bridgehead atoms. The number of nitrogens with one attached hydrogen (secondary N) is 2. The molecule has 0 heterocycles. The van der Waals surface area contributed by atoms with Gasteiger partial charge in [-0.25, -0.2) is 0 Å². The maximum atomic E-state index is 11.5. The lowest BCUT2D eigenvalue weighted by atomic mass is 9.93. The number of hydrogen-bond acceptors (Lipinski definition) is 3. The van der Waals surface area contributed by atoms with Crippen LogP contribution in [0.1, 0.15) is 39.5 Å². The molecule has 90 valence electrons. The zero-order valence-corrected chi connectivity index (χ0v) is 10.2. The van der Waals surface area contributed by atoms with Crippen molar-refractivity contribution in [2.45, 2.75) is 57.7 Å². The highest BCUT2D eigenvalue weighted by Crippen LogP contribution is 2.17. The Morgan fingerprint density at radius 3 is 2.20 bits per heavy atom. The summed E-state index contributed by atoms with van der Waals surface area (Å²) in [6, 6.07) is 0.207. The zero-order chi connectivity index (χ0) is 11.5. The summed E-state index contributed by atoms with van der Waals surface area (Å²) in [5.74, 6) is 0. The first-order chi connectivity index (χ1) is 6.89. The fourth-order valence-corrected chi connectivity index (χ4v) is 3.16. The first-order valence-corrected chi connectivity index (χ1v) is 6.92. The molecule has 5 nitrogen and oxygen atoms in total. The van der Waals surface area contributed by atoms with Crippen LogP contribution in [0.2, 0.25) is 0 Å². The quantitative estimate of drug-likeness (QED) is 0.645. The number of rotatable bonds is 4. The molecule has 0 aliphatic heterocycles. The van der Waals surface area contributed by atoms with E-state index in [0.717, 1.165) is 25.7 Å². The van der Waals surface area contributed by atoms with E-state index in [1.54, 1.807) is 13.8 Å². The fraction of sp³-hybridized carbons (Fsp3) is 1.00. The molecule has 1 aliphatic carbocycles. The molecular weight excluding hydrogens is 214 g/mol. The van der Waals surface area contributed by atoms with Gasteiger partial charge < -0.3 is 5.73 Å². The standard InChI is InChI=1S/C9H21N3O2S/c1-7(2)11-15(13,14)12-9-5-3-8(10)4-6-9/h7-9,11-12H,3-6,10H2,1-2H3. The van der Waals surface area contributed by atoms with Gasteiger partial charge in [0.15, 0.2) is 0 Å². The number of nitrogens with two attached hydrogens (primary N) is 1. The topological polar surface area (TPSA) is 84.2 Å². The van der Waals surface area contributed by atoms with E-state index in [0.29, 0.717) is 0 Å². The zero-order valence-electron chi connectivity index (χ0n) is 9.36. The lowest BCUT2D eigenvalue weighted by molar-refractivity contribution is 0.371. The van der Waals surface area contributed by atoms with Crippen molar-refractivity contribution in [3.63, 3.8) is 0 Å². The lowest BCUT2D eigenvalue weighted by Gasteiger charge is -2.26. The van der Waals surface area contributed by atoms with Gasteiger partial charge in [-0.1, -0.05) is 0 Å². The van der Waals surface area contributed by atoms with Crippen LogP contribution in [0.4, 0.5) is 0 Å². The van der Waals surface area contributed by atoms with Gasteiger partial charge in [-0.2, -0.15) is 17.9 Å². The molecule has 0 aromatic heterocycles. The molecule has 0 saturated heterocycles. The van der Waals surface area contributed by atoms with E-state index in [-0.39, 0.29) is 18.1 Å².